The highest BCUT2D eigenvalue weighted by molar-refractivity contribution is 5.90. The van der Waals surface area contributed by atoms with Crippen molar-refractivity contribution in [2.75, 3.05) is 13.7 Å². The first-order chi connectivity index (χ1) is 9.26. The van der Waals surface area contributed by atoms with Gasteiger partial charge in [0.1, 0.15) is 12.4 Å². The first kappa shape index (κ1) is 13.0. The van der Waals surface area contributed by atoms with Crippen LogP contribution in [-0.4, -0.2) is 24.3 Å². The summed E-state index contributed by atoms with van der Waals surface area (Å²) in [6.45, 7) is 3.71. The van der Waals surface area contributed by atoms with E-state index < -0.39 is 0 Å². The summed E-state index contributed by atoms with van der Waals surface area (Å²) < 4.78 is 12.2. The number of methoxy groups -OCH3 is 1. The maximum atomic E-state index is 11.8. The smallest absolute Gasteiger partial charge is 0.338 e. The Morgan fingerprint density at radius 2 is 2.11 bits per heavy atom. The fourth-order valence-corrected chi connectivity index (χ4v) is 1.73. The highest BCUT2D eigenvalue weighted by Crippen LogP contribution is 2.24. The van der Waals surface area contributed by atoms with Crippen LogP contribution in [0.4, 0.5) is 0 Å². The molecular weight excluding hydrogens is 242 g/mol. The van der Waals surface area contributed by atoms with Crippen LogP contribution in [0.3, 0.4) is 0 Å². The number of hydrogen-bond acceptors (Lipinski definition) is 3. The number of ether oxygens (including phenoxy) is 2. The molecule has 4 nitrogen and oxygen atoms in total. The van der Waals surface area contributed by atoms with Crippen LogP contribution < -0.4 is 4.74 Å². The van der Waals surface area contributed by atoms with Gasteiger partial charge < -0.3 is 14.0 Å². The third kappa shape index (κ3) is 2.85. The van der Waals surface area contributed by atoms with Crippen LogP contribution in [0.15, 0.2) is 55.4 Å². The highest BCUT2D eigenvalue weighted by Gasteiger charge is 2.11. The maximum absolute atomic E-state index is 11.8. The van der Waals surface area contributed by atoms with Gasteiger partial charge in [-0.15, -0.1) is 0 Å². The minimum Gasteiger partial charge on any atom is -0.495 e. The lowest BCUT2D eigenvalue weighted by Gasteiger charge is -2.11. The quantitative estimate of drug-likeness (QED) is 0.611. The Bertz CT molecular complexity index is 573. The molecule has 2 rings (SSSR count). The lowest BCUT2D eigenvalue weighted by Crippen LogP contribution is -2.06. The summed E-state index contributed by atoms with van der Waals surface area (Å²) in [5.41, 5.74) is 1.27. The average molecular weight is 257 g/mol. The molecule has 1 aromatic carbocycles. The molecule has 1 heterocycles. The number of aromatic nitrogens is 1. The highest BCUT2D eigenvalue weighted by atomic mass is 16.5. The zero-order valence-electron chi connectivity index (χ0n) is 10.7. The molecule has 0 saturated carbocycles. The fourth-order valence-electron chi connectivity index (χ4n) is 1.73. The lowest BCUT2D eigenvalue weighted by molar-refractivity contribution is 0.0549. The fraction of sp³-hybridized carbons (Fsp3) is 0.133. The van der Waals surface area contributed by atoms with Crippen molar-refractivity contribution in [3.63, 3.8) is 0 Å². The summed E-state index contributed by atoms with van der Waals surface area (Å²) in [4.78, 5) is 11.8. The van der Waals surface area contributed by atoms with Crippen molar-refractivity contribution < 1.29 is 14.3 Å². The molecule has 0 bridgehead atoms. The molecule has 0 unspecified atom stereocenters. The van der Waals surface area contributed by atoms with E-state index in [9.17, 15) is 4.79 Å². The molecule has 0 aliphatic carbocycles. The van der Waals surface area contributed by atoms with E-state index in [2.05, 4.69) is 6.58 Å². The van der Waals surface area contributed by atoms with Crippen molar-refractivity contribution in [1.82, 2.24) is 4.57 Å². The number of nitrogens with zero attached hydrogens (tertiary/aromatic N) is 1. The SMILES string of the molecule is C=CCOC(=O)c1ccc(OC)c(-n2cccc2)c1. The molecule has 2 aromatic rings. The molecule has 4 heteroatoms. The Labute approximate surface area is 111 Å². The molecule has 1 aromatic heterocycles. The number of carbonyl (C=O) groups is 1. The van der Waals surface area contributed by atoms with Gasteiger partial charge in [0.05, 0.1) is 18.4 Å². The zero-order valence-corrected chi connectivity index (χ0v) is 10.7. The second-order valence-electron chi connectivity index (χ2n) is 3.86. The van der Waals surface area contributed by atoms with E-state index in [0.29, 0.717) is 11.3 Å². The van der Waals surface area contributed by atoms with Crippen LogP contribution in [-0.2, 0) is 4.74 Å². The summed E-state index contributed by atoms with van der Waals surface area (Å²) in [6, 6.07) is 8.98. The van der Waals surface area contributed by atoms with Crippen molar-refractivity contribution in [3.05, 3.63) is 60.9 Å². The molecular formula is C15H15NO3. The Morgan fingerprint density at radius 1 is 1.37 bits per heavy atom. The molecule has 19 heavy (non-hydrogen) atoms. The van der Waals surface area contributed by atoms with Crippen LogP contribution in [0.1, 0.15) is 10.4 Å². The van der Waals surface area contributed by atoms with Gasteiger partial charge in [-0.05, 0) is 30.3 Å². The van der Waals surface area contributed by atoms with E-state index in [1.165, 1.54) is 6.08 Å². The molecule has 0 N–H and O–H groups in total. The van der Waals surface area contributed by atoms with Crippen molar-refractivity contribution in [2.24, 2.45) is 0 Å². The largest absolute Gasteiger partial charge is 0.495 e. The predicted octanol–water partition coefficient (Wildman–Crippen LogP) is 2.83. The van der Waals surface area contributed by atoms with E-state index in [1.807, 2.05) is 29.1 Å². The molecule has 0 saturated heterocycles. The maximum Gasteiger partial charge on any atom is 0.338 e. The van der Waals surface area contributed by atoms with Crippen LogP contribution in [0.2, 0.25) is 0 Å². The van der Waals surface area contributed by atoms with Gasteiger partial charge in [-0.3, -0.25) is 0 Å². The number of hydrogen-bond donors (Lipinski definition) is 0. The first-order valence-electron chi connectivity index (χ1n) is 5.85. The van der Waals surface area contributed by atoms with Gasteiger partial charge in [0, 0.05) is 12.4 Å². The van der Waals surface area contributed by atoms with Gasteiger partial charge in [-0.2, -0.15) is 0 Å². The molecule has 0 spiro atoms. The second kappa shape index (κ2) is 5.91. The van der Waals surface area contributed by atoms with E-state index in [-0.39, 0.29) is 12.6 Å². The standard InChI is InChI=1S/C15H15NO3/c1-3-10-19-15(17)12-6-7-14(18-2)13(11-12)16-8-4-5-9-16/h3-9,11H,1,10H2,2H3. The number of benzene rings is 1. The number of carbonyl (C=O) groups excluding carboxylic acids is 1. The van der Waals surface area contributed by atoms with Gasteiger partial charge in [-0.25, -0.2) is 4.79 Å². The van der Waals surface area contributed by atoms with Gasteiger partial charge >= 0.3 is 5.97 Å². The van der Waals surface area contributed by atoms with Crippen molar-refractivity contribution in [3.8, 4) is 11.4 Å². The monoisotopic (exact) mass is 257 g/mol. The molecule has 0 aliphatic heterocycles. The second-order valence-corrected chi connectivity index (χ2v) is 3.86. The zero-order chi connectivity index (χ0) is 13.7. The summed E-state index contributed by atoms with van der Waals surface area (Å²) in [5.74, 6) is 0.312. The number of esters is 1. The summed E-state index contributed by atoms with van der Waals surface area (Å²) in [5, 5.41) is 0. The lowest BCUT2D eigenvalue weighted by atomic mass is 10.2. The minimum absolute atomic E-state index is 0.198. The minimum atomic E-state index is -0.379. The Balaban J connectivity index is 2.36. The van der Waals surface area contributed by atoms with Crippen LogP contribution in [0, 0.1) is 0 Å². The number of rotatable bonds is 5. The van der Waals surface area contributed by atoms with Gasteiger partial charge in [0.15, 0.2) is 0 Å². The van der Waals surface area contributed by atoms with E-state index in [1.54, 1.807) is 25.3 Å². The summed E-state index contributed by atoms with van der Waals surface area (Å²) in [7, 11) is 1.60. The predicted molar refractivity (Wildman–Crippen MR) is 72.8 cm³/mol. The third-order valence-corrected chi connectivity index (χ3v) is 2.63. The molecule has 0 aliphatic rings. The molecule has 98 valence electrons. The molecule has 0 radical (unpaired) electrons. The Hall–Kier alpha value is -2.49. The van der Waals surface area contributed by atoms with E-state index >= 15 is 0 Å². The van der Waals surface area contributed by atoms with Crippen LogP contribution in [0.25, 0.3) is 5.69 Å². The topological polar surface area (TPSA) is 40.5 Å². The molecule has 0 atom stereocenters. The van der Waals surface area contributed by atoms with Crippen molar-refractivity contribution in [2.45, 2.75) is 0 Å². The van der Waals surface area contributed by atoms with Gasteiger partial charge in [0.2, 0.25) is 0 Å². The van der Waals surface area contributed by atoms with Gasteiger partial charge in [-0.1, -0.05) is 12.7 Å². The Morgan fingerprint density at radius 3 is 2.74 bits per heavy atom. The van der Waals surface area contributed by atoms with Gasteiger partial charge in [0.25, 0.3) is 0 Å². The summed E-state index contributed by atoms with van der Waals surface area (Å²) in [6.07, 6.45) is 5.31. The van der Waals surface area contributed by atoms with Crippen LogP contribution in [0.5, 0.6) is 5.75 Å². The summed E-state index contributed by atoms with van der Waals surface area (Å²) >= 11 is 0. The average Bonchev–Trinajstić information content (AvgIpc) is 2.98. The van der Waals surface area contributed by atoms with Crippen LogP contribution >= 0.6 is 0 Å². The van der Waals surface area contributed by atoms with E-state index in [0.717, 1.165) is 5.69 Å². The third-order valence-electron chi connectivity index (χ3n) is 2.63. The van der Waals surface area contributed by atoms with Crippen molar-refractivity contribution in [1.29, 1.82) is 0 Å². The van der Waals surface area contributed by atoms with Crippen molar-refractivity contribution >= 4 is 5.97 Å². The Kier molecular flexibility index (Phi) is 4.03. The normalized spacial score (nSPS) is 9.95. The first-order valence-corrected chi connectivity index (χ1v) is 5.85. The molecule has 0 amide bonds. The molecule has 0 fully saturated rings. The van der Waals surface area contributed by atoms with E-state index in [4.69, 9.17) is 9.47 Å².